The highest BCUT2D eigenvalue weighted by molar-refractivity contribution is 9.13. The highest BCUT2D eigenvalue weighted by atomic mass is 79.9. The predicted molar refractivity (Wildman–Crippen MR) is 208 cm³/mol. The summed E-state index contributed by atoms with van der Waals surface area (Å²) in [6, 6.07) is 8.97. The fraction of sp³-hybridized carbons (Fsp3) is 0.500. The SMILES string of the molecule is CC(C)[Si](C#Cc1c2cc(Br)c(Br)cc2c(C#C[Si](C(C)C)(C(C)C)C(C)C)c2cc(Br)c(Br)cc12)(C(C)C)C(C)C. The Balaban J connectivity index is 2.63. The average Bonchev–Trinajstić information content (AvgIpc) is 2.86. The van der Waals surface area contributed by atoms with Gasteiger partial charge in [0.2, 0.25) is 0 Å². The van der Waals surface area contributed by atoms with E-state index in [9.17, 15) is 0 Å². The van der Waals surface area contributed by atoms with Crippen molar-refractivity contribution in [2.45, 2.75) is 116 Å². The molecule has 0 N–H and O–H groups in total. The molecular weight excluding hydrogens is 808 g/mol. The van der Waals surface area contributed by atoms with Crippen molar-refractivity contribution in [3.05, 3.63) is 53.3 Å². The first-order chi connectivity index (χ1) is 19.4. The van der Waals surface area contributed by atoms with Gasteiger partial charge in [0.15, 0.2) is 0 Å². The third kappa shape index (κ3) is 6.48. The van der Waals surface area contributed by atoms with E-state index in [-0.39, 0.29) is 0 Å². The van der Waals surface area contributed by atoms with Gasteiger partial charge in [0.05, 0.1) is 0 Å². The summed E-state index contributed by atoms with van der Waals surface area (Å²) in [6.07, 6.45) is 0. The lowest BCUT2D eigenvalue weighted by molar-refractivity contribution is 0.838. The highest BCUT2D eigenvalue weighted by Crippen LogP contribution is 2.44. The molecule has 0 aliphatic heterocycles. The van der Waals surface area contributed by atoms with Crippen LogP contribution >= 0.6 is 63.7 Å². The lowest BCUT2D eigenvalue weighted by Gasteiger charge is -2.38. The molecule has 42 heavy (non-hydrogen) atoms. The molecule has 0 bridgehead atoms. The van der Waals surface area contributed by atoms with Crippen molar-refractivity contribution in [3.8, 4) is 22.9 Å². The molecule has 0 spiro atoms. The molecule has 0 heterocycles. The quantitative estimate of drug-likeness (QED) is 0.132. The first-order valence-corrected chi connectivity index (χ1v) is 22.9. The molecular formula is C36H46Br4Si2. The standard InChI is InChI=1S/C36H46Br4Si2/c1-21(2)41(22(3)4,23(5)6)15-13-27-29-17-33(37)35(39)19-31(29)28(32-20-36(40)34(38)18-30(27)32)14-16-42(24(7)8,25(9)10)26(11)12/h17-26H,1-12H3. The van der Waals surface area contributed by atoms with Gasteiger partial charge in [0.25, 0.3) is 0 Å². The molecule has 0 aromatic heterocycles. The average molecular weight is 855 g/mol. The van der Waals surface area contributed by atoms with E-state index < -0.39 is 16.1 Å². The molecule has 3 aromatic carbocycles. The monoisotopic (exact) mass is 850 g/mol. The molecule has 0 atom stereocenters. The number of rotatable bonds is 6. The van der Waals surface area contributed by atoms with E-state index in [0.717, 1.165) is 50.6 Å². The van der Waals surface area contributed by atoms with Crippen LogP contribution in [0, 0.1) is 22.9 Å². The van der Waals surface area contributed by atoms with Gasteiger partial charge in [-0.1, -0.05) is 94.9 Å². The van der Waals surface area contributed by atoms with Crippen molar-refractivity contribution >= 4 is 101 Å². The van der Waals surface area contributed by atoms with Crippen molar-refractivity contribution < 1.29 is 0 Å². The summed E-state index contributed by atoms with van der Waals surface area (Å²) in [5.74, 6) is 7.73. The lowest BCUT2D eigenvalue weighted by Crippen LogP contribution is -2.43. The van der Waals surface area contributed by atoms with E-state index >= 15 is 0 Å². The topological polar surface area (TPSA) is 0 Å². The lowest BCUT2D eigenvalue weighted by atomic mass is 9.92. The Bertz CT molecular complexity index is 1380. The highest BCUT2D eigenvalue weighted by Gasteiger charge is 2.42. The summed E-state index contributed by atoms with van der Waals surface area (Å²) in [6.45, 7) is 28.6. The second-order valence-electron chi connectivity index (χ2n) is 13.7. The van der Waals surface area contributed by atoms with Crippen LogP contribution in [0.15, 0.2) is 42.2 Å². The molecule has 226 valence electrons. The maximum atomic E-state index is 4.03. The Morgan fingerprint density at radius 1 is 0.405 bits per heavy atom. The zero-order chi connectivity index (χ0) is 31.9. The van der Waals surface area contributed by atoms with Crippen LogP contribution < -0.4 is 0 Å². The van der Waals surface area contributed by atoms with Gasteiger partial charge < -0.3 is 0 Å². The van der Waals surface area contributed by atoms with Gasteiger partial charge in [-0.2, -0.15) is 0 Å². The Labute approximate surface area is 291 Å². The number of fused-ring (bicyclic) bond motifs is 2. The minimum Gasteiger partial charge on any atom is -0.125 e. The Hall–Kier alpha value is -0.346. The van der Waals surface area contributed by atoms with Gasteiger partial charge in [-0.15, -0.1) is 11.1 Å². The maximum absolute atomic E-state index is 4.03. The van der Waals surface area contributed by atoms with Crippen molar-refractivity contribution in [1.82, 2.24) is 0 Å². The molecule has 0 unspecified atom stereocenters. The van der Waals surface area contributed by atoms with E-state index in [1.807, 2.05) is 0 Å². The molecule has 0 radical (unpaired) electrons. The number of hydrogen-bond donors (Lipinski definition) is 0. The Kier molecular flexibility index (Phi) is 12.0. The summed E-state index contributed by atoms with van der Waals surface area (Å²) in [7, 11) is -3.90. The van der Waals surface area contributed by atoms with Crippen LogP contribution in [-0.2, 0) is 0 Å². The number of benzene rings is 3. The third-order valence-corrected chi connectivity index (χ3v) is 26.0. The van der Waals surface area contributed by atoms with Crippen LogP contribution in [0.1, 0.15) is 94.2 Å². The van der Waals surface area contributed by atoms with Crippen LogP contribution in [0.3, 0.4) is 0 Å². The molecule has 3 aromatic rings. The normalized spacial score (nSPS) is 12.7. The van der Waals surface area contributed by atoms with Crippen LogP contribution in [0.4, 0.5) is 0 Å². The summed E-state index contributed by atoms with van der Waals surface area (Å²) in [4.78, 5) is 0. The second kappa shape index (κ2) is 14.0. The van der Waals surface area contributed by atoms with Crippen molar-refractivity contribution in [1.29, 1.82) is 0 Å². The number of halogens is 4. The Morgan fingerprint density at radius 3 is 0.762 bits per heavy atom. The molecule has 0 aliphatic carbocycles. The smallest absolute Gasteiger partial charge is 0.125 e. The maximum Gasteiger partial charge on any atom is 0.146 e. The van der Waals surface area contributed by atoms with Gasteiger partial charge in [-0.05, 0) is 121 Å². The predicted octanol–water partition coefficient (Wildman–Crippen LogP) is 14.2. The third-order valence-electron chi connectivity index (χ3n) is 9.74. The molecule has 0 aliphatic rings. The van der Waals surface area contributed by atoms with Gasteiger partial charge in [0.1, 0.15) is 16.1 Å². The zero-order valence-corrected chi connectivity index (χ0v) is 35.6. The van der Waals surface area contributed by atoms with Gasteiger partial charge in [0, 0.05) is 50.6 Å². The van der Waals surface area contributed by atoms with Crippen LogP contribution in [-0.4, -0.2) is 16.1 Å². The summed E-state index contributed by atoms with van der Waals surface area (Å²) in [5.41, 5.74) is 13.7. The van der Waals surface area contributed by atoms with Crippen molar-refractivity contribution in [3.63, 3.8) is 0 Å². The van der Waals surface area contributed by atoms with Crippen LogP contribution in [0.2, 0.25) is 33.2 Å². The summed E-state index contributed by atoms with van der Waals surface area (Å²) >= 11 is 15.3. The first kappa shape index (κ1) is 36.1. The van der Waals surface area contributed by atoms with Gasteiger partial charge in [-0.25, -0.2) is 0 Å². The van der Waals surface area contributed by atoms with E-state index in [4.69, 9.17) is 0 Å². The molecule has 0 saturated heterocycles. The number of hydrogen-bond acceptors (Lipinski definition) is 0. The van der Waals surface area contributed by atoms with Gasteiger partial charge >= 0.3 is 0 Å². The fourth-order valence-corrected chi connectivity index (χ4v) is 19.5. The van der Waals surface area contributed by atoms with Gasteiger partial charge in [-0.3, -0.25) is 0 Å². The fourth-order valence-electron chi connectivity index (χ4n) is 7.69. The first-order valence-electron chi connectivity index (χ1n) is 15.2. The minimum absolute atomic E-state index is 0.565. The summed E-state index contributed by atoms with van der Waals surface area (Å²) in [5, 5.41) is 4.64. The Morgan fingerprint density at radius 2 is 0.595 bits per heavy atom. The van der Waals surface area contributed by atoms with E-state index in [2.05, 4.69) is 194 Å². The molecule has 0 fully saturated rings. The van der Waals surface area contributed by atoms with E-state index in [1.54, 1.807) is 0 Å². The molecule has 0 nitrogen and oxygen atoms in total. The largest absolute Gasteiger partial charge is 0.146 e. The van der Waals surface area contributed by atoms with E-state index in [1.165, 1.54) is 0 Å². The zero-order valence-electron chi connectivity index (χ0n) is 27.3. The van der Waals surface area contributed by atoms with Crippen molar-refractivity contribution in [2.24, 2.45) is 0 Å². The second-order valence-corrected chi connectivity index (χ2v) is 28.2. The summed E-state index contributed by atoms with van der Waals surface area (Å²) < 4.78 is 4.12. The van der Waals surface area contributed by atoms with Crippen LogP contribution in [0.25, 0.3) is 21.5 Å². The minimum atomic E-state index is -1.95. The van der Waals surface area contributed by atoms with E-state index in [0.29, 0.717) is 33.2 Å². The molecule has 6 heteroatoms. The molecule has 0 saturated carbocycles. The molecule has 0 amide bonds. The van der Waals surface area contributed by atoms with Crippen LogP contribution in [0.5, 0.6) is 0 Å². The molecule has 3 rings (SSSR count). The van der Waals surface area contributed by atoms with Crippen molar-refractivity contribution in [2.75, 3.05) is 0 Å².